The van der Waals surface area contributed by atoms with Gasteiger partial charge in [-0.15, -0.1) is 0 Å². The van der Waals surface area contributed by atoms with E-state index in [0.29, 0.717) is 22.5 Å². The van der Waals surface area contributed by atoms with Gasteiger partial charge in [-0.2, -0.15) is 5.10 Å². The molecule has 0 saturated heterocycles. The van der Waals surface area contributed by atoms with E-state index in [9.17, 15) is 10.0 Å². The number of carbonyl (C=O) groups excluding carboxylic acids is 1. The number of H-pyrrole nitrogens is 1. The maximum Gasteiger partial charge on any atom is 0.254 e. The quantitative estimate of drug-likeness (QED) is 0.738. The van der Waals surface area contributed by atoms with E-state index in [-0.39, 0.29) is 16.8 Å². The summed E-state index contributed by atoms with van der Waals surface area (Å²) in [5, 5.41) is 22.2. The predicted molar refractivity (Wildman–Crippen MR) is 86.1 cm³/mol. The highest BCUT2D eigenvalue weighted by molar-refractivity contribution is 5.96. The number of aromatic amines is 1. The van der Waals surface area contributed by atoms with Crippen LogP contribution in [0.25, 0.3) is 11.0 Å². The van der Waals surface area contributed by atoms with Gasteiger partial charge in [-0.1, -0.05) is 20.8 Å². The maximum absolute atomic E-state index is 12.6. The molecule has 0 unspecified atom stereocenters. The first-order valence-electron chi connectivity index (χ1n) is 7.55. The van der Waals surface area contributed by atoms with Gasteiger partial charge in [0.15, 0.2) is 0 Å². The van der Waals surface area contributed by atoms with Crippen molar-refractivity contribution in [3.8, 4) is 0 Å². The molecule has 0 bridgehead atoms. The number of hydrogen-bond acceptors (Lipinski definition) is 5. The maximum atomic E-state index is 12.6. The Morgan fingerprint density at radius 3 is 2.79 bits per heavy atom. The summed E-state index contributed by atoms with van der Waals surface area (Å²) in [6, 6.07) is 6.61. The molecule has 0 atom stereocenters. The molecule has 0 saturated carbocycles. The smallest absolute Gasteiger partial charge is 0.254 e. The van der Waals surface area contributed by atoms with Crippen molar-refractivity contribution in [3.63, 3.8) is 0 Å². The minimum atomic E-state index is -0.177. The van der Waals surface area contributed by atoms with Crippen LogP contribution in [0.15, 0.2) is 28.9 Å². The third-order valence-electron chi connectivity index (χ3n) is 3.79. The molecule has 126 valence electrons. The van der Waals surface area contributed by atoms with Gasteiger partial charge in [0.05, 0.1) is 17.9 Å². The fourth-order valence-electron chi connectivity index (χ4n) is 2.38. The summed E-state index contributed by atoms with van der Waals surface area (Å²) in [4.78, 5) is 14.4. The second-order valence-corrected chi connectivity index (χ2v) is 6.82. The Bertz CT molecular complexity index is 891. The molecule has 0 spiro atoms. The Hall–Kier alpha value is -2.90. The van der Waals surface area contributed by atoms with Crippen LogP contribution in [-0.2, 0) is 12.0 Å². The van der Waals surface area contributed by atoms with E-state index in [0.717, 1.165) is 11.4 Å². The van der Waals surface area contributed by atoms with Crippen LogP contribution in [0.2, 0.25) is 0 Å². The van der Waals surface area contributed by atoms with Gasteiger partial charge in [0.25, 0.3) is 5.91 Å². The molecule has 1 amide bonds. The average molecular weight is 329 g/mol. The standard InChI is InChI=1S/C16H19N5O3/c1-16(2,3)14-8-11(17-18-14)9-20(4)15(22)10-5-6-13-12(7-10)19-24-21(13)23/h5-8H,9H2,1-4H3,(H,17,18). The lowest BCUT2D eigenvalue weighted by Gasteiger charge is -2.16. The van der Waals surface area contributed by atoms with Gasteiger partial charge in [0.1, 0.15) is 0 Å². The Morgan fingerprint density at radius 2 is 2.12 bits per heavy atom. The Balaban J connectivity index is 1.77. The van der Waals surface area contributed by atoms with Crippen LogP contribution in [0.5, 0.6) is 0 Å². The zero-order valence-corrected chi connectivity index (χ0v) is 14.0. The number of benzene rings is 1. The van der Waals surface area contributed by atoms with Crippen molar-refractivity contribution in [2.45, 2.75) is 32.7 Å². The van der Waals surface area contributed by atoms with E-state index in [2.05, 4.69) is 40.8 Å². The first-order valence-corrected chi connectivity index (χ1v) is 7.55. The minimum Gasteiger partial charge on any atom is -0.359 e. The number of fused-ring (bicyclic) bond motifs is 1. The summed E-state index contributed by atoms with van der Waals surface area (Å²) in [6.45, 7) is 6.64. The molecule has 0 aliphatic carbocycles. The van der Waals surface area contributed by atoms with Gasteiger partial charge in [-0.05, 0) is 23.1 Å². The molecule has 8 nitrogen and oxygen atoms in total. The zero-order valence-electron chi connectivity index (χ0n) is 14.0. The van der Waals surface area contributed by atoms with Gasteiger partial charge < -0.3 is 10.1 Å². The summed E-state index contributed by atoms with van der Waals surface area (Å²) < 4.78 is 4.51. The van der Waals surface area contributed by atoms with E-state index >= 15 is 0 Å². The van der Waals surface area contributed by atoms with Crippen LogP contribution in [0.1, 0.15) is 42.5 Å². The highest BCUT2D eigenvalue weighted by atomic mass is 16.8. The number of amides is 1. The van der Waals surface area contributed by atoms with Gasteiger partial charge in [0, 0.05) is 29.2 Å². The Morgan fingerprint density at radius 1 is 1.38 bits per heavy atom. The molecule has 3 aromatic rings. The second-order valence-electron chi connectivity index (χ2n) is 6.82. The summed E-state index contributed by atoms with van der Waals surface area (Å²) in [5.41, 5.74) is 2.83. The second kappa shape index (κ2) is 5.63. The monoisotopic (exact) mass is 329 g/mol. The molecule has 1 N–H and O–H groups in total. The van der Waals surface area contributed by atoms with Crippen LogP contribution in [0.4, 0.5) is 0 Å². The van der Waals surface area contributed by atoms with Crippen LogP contribution in [0, 0.1) is 5.21 Å². The first kappa shape index (κ1) is 16.0. The number of aromatic nitrogens is 4. The number of hydrogen-bond donors (Lipinski definition) is 1. The summed E-state index contributed by atoms with van der Waals surface area (Å²) in [6.07, 6.45) is 0. The van der Waals surface area contributed by atoms with E-state index < -0.39 is 0 Å². The number of carbonyl (C=O) groups is 1. The molecular weight excluding hydrogens is 310 g/mol. The molecule has 2 aromatic heterocycles. The molecule has 0 aliphatic heterocycles. The van der Waals surface area contributed by atoms with Gasteiger partial charge in [0.2, 0.25) is 11.0 Å². The van der Waals surface area contributed by atoms with Crippen molar-refractivity contribution in [2.75, 3.05) is 7.05 Å². The van der Waals surface area contributed by atoms with Crippen molar-refractivity contribution in [2.24, 2.45) is 0 Å². The van der Waals surface area contributed by atoms with Crippen LogP contribution >= 0.6 is 0 Å². The number of rotatable bonds is 3. The van der Waals surface area contributed by atoms with Gasteiger partial charge >= 0.3 is 0 Å². The number of nitrogens with zero attached hydrogens (tertiary/aromatic N) is 4. The van der Waals surface area contributed by atoms with Crippen LogP contribution < -0.4 is 4.90 Å². The normalized spacial score (nSPS) is 11.8. The van der Waals surface area contributed by atoms with E-state index in [1.807, 2.05) is 6.07 Å². The molecule has 3 rings (SSSR count). The molecule has 2 heterocycles. The van der Waals surface area contributed by atoms with Crippen LogP contribution in [-0.4, -0.2) is 33.2 Å². The molecule has 1 aromatic carbocycles. The lowest BCUT2D eigenvalue weighted by atomic mass is 9.92. The van der Waals surface area contributed by atoms with Gasteiger partial charge in [-0.3, -0.25) is 14.5 Å². The molecule has 8 heteroatoms. The van der Waals surface area contributed by atoms with Crippen molar-refractivity contribution >= 4 is 16.9 Å². The first-order chi connectivity index (χ1) is 11.3. The Labute approximate surface area is 138 Å². The minimum absolute atomic E-state index is 0.0526. The average Bonchev–Trinajstić information content (AvgIpc) is 3.13. The molecule has 24 heavy (non-hydrogen) atoms. The largest absolute Gasteiger partial charge is 0.359 e. The SMILES string of the molecule is CN(Cc1cc(C(C)(C)C)n[nH]1)C(=O)c1ccc2c(c1)no[n+]2[O-]. The lowest BCUT2D eigenvalue weighted by Crippen LogP contribution is -2.26. The van der Waals surface area contributed by atoms with Gasteiger partial charge in [-0.25, -0.2) is 0 Å². The molecule has 0 aliphatic rings. The molecular formula is C16H19N5O3. The summed E-state index contributed by atoms with van der Waals surface area (Å²) >= 11 is 0. The lowest BCUT2D eigenvalue weighted by molar-refractivity contribution is -0.782. The zero-order chi connectivity index (χ0) is 17.5. The topological polar surface area (TPSA) is 102 Å². The van der Waals surface area contributed by atoms with E-state index in [1.165, 1.54) is 6.07 Å². The van der Waals surface area contributed by atoms with Crippen molar-refractivity contribution in [3.05, 3.63) is 46.4 Å². The number of nitrogens with one attached hydrogen (secondary N) is 1. The van der Waals surface area contributed by atoms with Crippen molar-refractivity contribution in [1.82, 2.24) is 20.3 Å². The van der Waals surface area contributed by atoms with Crippen LogP contribution in [0.3, 0.4) is 0 Å². The van der Waals surface area contributed by atoms with E-state index in [1.54, 1.807) is 24.1 Å². The highest BCUT2D eigenvalue weighted by Crippen LogP contribution is 2.21. The Kier molecular flexibility index (Phi) is 3.75. The predicted octanol–water partition coefficient (Wildman–Crippen LogP) is 1.75. The van der Waals surface area contributed by atoms with Crippen molar-refractivity contribution < 1.29 is 14.3 Å². The van der Waals surface area contributed by atoms with E-state index in [4.69, 9.17) is 0 Å². The third-order valence-corrected chi connectivity index (χ3v) is 3.79. The highest BCUT2D eigenvalue weighted by Gasteiger charge is 2.20. The molecule has 0 fully saturated rings. The van der Waals surface area contributed by atoms with Crippen molar-refractivity contribution in [1.29, 1.82) is 0 Å². The summed E-state index contributed by atoms with van der Waals surface area (Å²) in [7, 11) is 1.71. The fraction of sp³-hybridized carbons (Fsp3) is 0.375. The third kappa shape index (κ3) is 2.94. The fourth-order valence-corrected chi connectivity index (χ4v) is 2.38. The summed E-state index contributed by atoms with van der Waals surface area (Å²) in [5.74, 6) is -0.177. The molecule has 0 radical (unpaired) electrons.